The van der Waals surface area contributed by atoms with Crippen molar-refractivity contribution in [3.8, 4) is 17.0 Å². The normalized spacial score (nSPS) is 12.3. The lowest BCUT2D eigenvalue weighted by Crippen LogP contribution is -2.21. The van der Waals surface area contributed by atoms with Gasteiger partial charge in [0.15, 0.2) is 0 Å². The van der Waals surface area contributed by atoms with E-state index in [2.05, 4.69) is 22.4 Å². The molecule has 0 bridgehead atoms. The molecule has 1 atom stereocenters. The van der Waals surface area contributed by atoms with Gasteiger partial charge in [-0.3, -0.25) is 5.10 Å². The molecule has 5 nitrogen and oxygen atoms in total. The van der Waals surface area contributed by atoms with E-state index in [0.717, 1.165) is 42.1 Å². The summed E-state index contributed by atoms with van der Waals surface area (Å²) in [4.78, 5) is 0. The lowest BCUT2D eigenvalue weighted by molar-refractivity contribution is 0.260. The topological polar surface area (TPSA) is 70.2 Å². The molecule has 0 aliphatic rings. The zero-order valence-electron chi connectivity index (χ0n) is 12.6. The van der Waals surface area contributed by atoms with Gasteiger partial charge in [0, 0.05) is 24.3 Å². The van der Waals surface area contributed by atoms with Crippen LogP contribution < -0.4 is 10.1 Å². The Morgan fingerprint density at radius 1 is 1.33 bits per heavy atom. The molecule has 1 heterocycles. The Morgan fingerprint density at radius 3 is 2.76 bits per heavy atom. The first-order valence-electron chi connectivity index (χ1n) is 7.22. The number of nitrogens with one attached hydrogen (secondary N) is 2. The Hall–Kier alpha value is -1.85. The number of nitrogens with zero attached hydrogens (tertiary/aromatic N) is 1. The third-order valence-corrected chi connectivity index (χ3v) is 3.53. The maximum Gasteiger partial charge on any atom is 0.118 e. The molecule has 1 unspecified atom stereocenters. The molecule has 0 fully saturated rings. The van der Waals surface area contributed by atoms with Crippen molar-refractivity contribution in [1.82, 2.24) is 15.5 Å². The highest BCUT2D eigenvalue weighted by Crippen LogP contribution is 2.23. The van der Waals surface area contributed by atoms with Crippen LogP contribution >= 0.6 is 0 Å². The number of aliphatic hydroxyl groups excluding tert-OH is 1. The van der Waals surface area contributed by atoms with Crippen LogP contribution in [0.2, 0.25) is 0 Å². The molecule has 0 aliphatic heterocycles. The minimum absolute atomic E-state index is 0.242. The molecule has 0 radical (unpaired) electrons. The van der Waals surface area contributed by atoms with E-state index in [1.807, 2.05) is 30.5 Å². The fourth-order valence-corrected chi connectivity index (χ4v) is 2.23. The smallest absolute Gasteiger partial charge is 0.118 e. The van der Waals surface area contributed by atoms with Gasteiger partial charge in [-0.05, 0) is 43.1 Å². The highest BCUT2D eigenvalue weighted by Gasteiger charge is 2.08. The number of benzene rings is 1. The van der Waals surface area contributed by atoms with Crippen molar-refractivity contribution < 1.29 is 9.84 Å². The van der Waals surface area contributed by atoms with Gasteiger partial charge >= 0.3 is 0 Å². The van der Waals surface area contributed by atoms with Crippen LogP contribution in [0.15, 0.2) is 30.5 Å². The molecule has 3 N–H and O–H groups in total. The molecule has 5 heteroatoms. The first kappa shape index (κ1) is 15.5. The summed E-state index contributed by atoms with van der Waals surface area (Å²) in [7, 11) is 1.66. The summed E-state index contributed by atoms with van der Waals surface area (Å²) < 4.78 is 5.17. The largest absolute Gasteiger partial charge is 0.497 e. The van der Waals surface area contributed by atoms with Gasteiger partial charge in [0.25, 0.3) is 0 Å². The number of H-pyrrole nitrogens is 1. The van der Waals surface area contributed by atoms with Crippen LogP contribution in [0.4, 0.5) is 0 Å². The number of methoxy groups -OCH3 is 1. The summed E-state index contributed by atoms with van der Waals surface area (Å²) in [5.74, 6) is 1.31. The van der Waals surface area contributed by atoms with Gasteiger partial charge in [0.05, 0.1) is 19.0 Å². The highest BCUT2D eigenvalue weighted by molar-refractivity contribution is 5.63. The fraction of sp³-hybridized carbons (Fsp3) is 0.438. The molecule has 0 saturated carbocycles. The Balaban J connectivity index is 1.97. The van der Waals surface area contributed by atoms with Crippen molar-refractivity contribution in [2.24, 2.45) is 5.92 Å². The minimum Gasteiger partial charge on any atom is -0.497 e. The second kappa shape index (κ2) is 7.81. The molecule has 2 rings (SSSR count). The van der Waals surface area contributed by atoms with Crippen LogP contribution in [-0.2, 0) is 6.54 Å². The third-order valence-electron chi connectivity index (χ3n) is 3.53. The molecule has 0 amide bonds. The van der Waals surface area contributed by atoms with Gasteiger partial charge in [-0.25, -0.2) is 0 Å². The van der Waals surface area contributed by atoms with E-state index in [-0.39, 0.29) is 6.61 Å². The number of ether oxygens (including phenoxy) is 1. The number of aromatic nitrogens is 2. The van der Waals surface area contributed by atoms with Crippen LogP contribution in [-0.4, -0.2) is 35.6 Å². The Kier molecular flexibility index (Phi) is 5.78. The molecule has 1 aromatic carbocycles. The quantitative estimate of drug-likeness (QED) is 0.697. The highest BCUT2D eigenvalue weighted by atomic mass is 16.5. The number of hydrogen-bond donors (Lipinski definition) is 3. The zero-order valence-corrected chi connectivity index (χ0v) is 12.6. The summed E-state index contributed by atoms with van der Waals surface area (Å²) >= 11 is 0. The van der Waals surface area contributed by atoms with Crippen LogP contribution in [0.5, 0.6) is 5.75 Å². The molecule has 21 heavy (non-hydrogen) atoms. The van der Waals surface area contributed by atoms with E-state index in [9.17, 15) is 0 Å². The number of aromatic amines is 1. The van der Waals surface area contributed by atoms with E-state index >= 15 is 0 Å². The standard InChI is InChI=1S/C16H23N3O2/c1-12(7-8-20)9-17-10-14-11-18-19-16(14)13-3-5-15(21-2)6-4-13/h3-6,11-12,17,20H,7-10H2,1-2H3,(H,18,19). The molecule has 2 aromatic rings. The lowest BCUT2D eigenvalue weighted by Gasteiger charge is -2.11. The van der Waals surface area contributed by atoms with E-state index in [1.165, 1.54) is 0 Å². The zero-order chi connectivity index (χ0) is 15.1. The second-order valence-corrected chi connectivity index (χ2v) is 5.25. The van der Waals surface area contributed by atoms with Crippen LogP contribution in [0.25, 0.3) is 11.3 Å². The average Bonchev–Trinajstić information content (AvgIpc) is 2.96. The molecule has 1 aromatic heterocycles. The van der Waals surface area contributed by atoms with Gasteiger partial charge in [-0.1, -0.05) is 6.92 Å². The lowest BCUT2D eigenvalue weighted by atomic mass is 10.1. The third kappa shape index (κ3) is 4.31. The van der Waals surface area contributed by atoms with Crippen molar-refractivity contribution in [2.75, 3.05) is 20.3 Å². The van der Waals surface area contributed by atoms with Gasteiger partial charge in [-0.2, -0.15) is 5.10 Å². The van der Waals surface area contributed by atoms with E-state index < -0.39 is 0 Å². The maximum atomic E-state index is 8.90. The summed E-state index contributed by atoms with van der Waals surface area (Å²) in [5, 5.41) is 19.5. The average molecular weight is 289 g/mol. The summed E-state index contributed by atoms with van der Waals surface area (Å²) in [5.41, 5.74) is 3.25. The second-order valence-electron chi connectivity index (χ2n) is 5.25. The predicted molar refractivity (Wildman–Crippen MR) is 83.1 cm³/mol. The molecule has 0 saturated heterocycles. The van der Waals surface area contributed by atoms with Crippen LogP contribution in [0.1, 0.15) is 18.9 Å². The molecule has 0 aliphatic carbocycles. The monoisotopic (exact) mass is 289 g/mol. The van der Waals surface area contributed by atoms with Crippen molar-refractivity contribution in [1.29, 1.82) is 0 Å². The van der Waals surface area contributed by atoms with Gasteiger partial charge in [0.1, 0.15) is 5.75 Å². The molecule has 0 spiro atoms. The Labute approximate surface area is 125 Å². The number of rotatable bonds is 8. The molecular weight excluding hydrogens is 266 g/mol. The fourth-order valence-electron chi connectivity index (χ4n) is 2.23. The number of hydrogen-bond acceptors (Lipinski definition) is 4. The first-order chi connectivity index (χ1) is 10.2. The summed E-state index contributed by atoms with van der Waals surface area (Å²) in [6.07, 6.45) is 2.67. The van der Waals surface area contributed by atoms with Gasteiger partial charge in [0.2, 0.25) is 0 Å². The number of aliphatic hydroxyl groups is 1. The first-order valence-corrected chi connectivity index (χ1v) is 7.22. The minimum atomic E-state index is 0.242. The van der Waals surface area contributed by atoms with E-state index in [0.29, 0.717) is 5.92 Å². The van der Waals surface area contributed by atoms with Gasteiger partial charge in [-0.15, -0.1) is 0 Å². The van der Waals surface area contributed by atoms with Crippen LogP contribution in [0.3, 0.4) is 0 Å². The van der Waals surface area contributed by atoms with Crippen molar-refractivity contribution in [2.45, 2.75) is 19.9 Å². The van der Waals surface area contributed by atoms with Crippen LogP contribution in [0, 0.1) is 5.92 Å². The van der Waals surface area contributed by atoms with Crippen molar-refractivity contribution in [3.63, 3.8) is 0 Å². The molecule has 114 valence electrons. The summed E-state index contributed by atoms with van der Waals surface area (Å²) in [6.45, 7) is 4.01. The van der Waals surface area contributed by atoms with Crippen molar-refractivity contribution >= 4 is 0 Å². The van der Waals surface area contributed by atoms with Gasteiger partial charge < -0.3 is 15.2 Å². The Bertz CT molecular complexity index is 537. The maximum absolute atomic E-state index is 8.90. The van der Waals surface area contributed by atoms with E-state index in [4.69, 9.17) is 9.84 Å². The van der Waals surface area contributed by atoms with Crippen molar-refractivity contribution in [3.05, 3.63) is 36.0 Å². The molecular formula is C16H23N3O2. The SMILES string of the molecule is COc1ccc(-c2[nH]ncc2CNCC(C)CCO)cc1. The summed E-state index contributed by atoms with van der Waals surface area (Å²) in [6, 6.07) is 7.92. The van der Waals surface area contributed by atoms with E-state index in [1.54, 1.807) is 7.11 Å². The predicted octanol–water partition coefficient (Wildman–Crippen LogP) is 2.19. The Morgan fingerprint density at radius 2 is 2.10 bits per heavy atom.